The molecule has 0 atom stereocenters. The van der Waals surface area contributed by atoms with Gasteiger partial charge in [-0.25, -0.2) is 4.98 Å². The third-order valence-electron chi connectivity index (χ3n) is 5.78. The van der Waals surface area contributed by atoms with Gasteiger partial charge < -0.3 is 14.5 Å². The molecule has 1 amide bonds. The van der Waals surface area contributed by atoms with Crippen LogP contribution in [0.5, 0.6) is 5.75 Å². The first-order valence-electron chi connectivity index (χ1n) is 11.0. The number of halogens is 2. The van der Waals surface area contributed by atoms with E-state index < -0.39 is 0 Å². The molecule has 0 aliphatic carbocycles. The number of hydrogen-bond acceptors (Lipinski definition) is 6. The maximum absolute atomic E-state index is 13.0. The number of rotatable bonds is 6. The first-order chi connectivity index (χ1) is 16.4. The highest BCUT2D eigenvalue weighted by Crippen LogP contribution is 2.31. The molecule has 1 aromatic carbocycles. The first kappa shape index (κ1) is 23.9. The van der Waals surface area contributed by atoms with Crippen molar-refractivity contribution in [2.45, 2.75) is 20.4 Å². The van der Waals surface area contributed by atoms with Crippen LogP contribution in [0.1, 0.15) is 18.3 Å². The lowest BCUT2D eigenvalue weighted by molar-refractivity contribution is -0.132. The van der Waals surface area contributed by atoms with Gasteiger partial charge >= 0.3 is 0 Å². The number of ether oxygens (including phenoxy) is 1. The Labute approximate surface area is 208 Å². The van der Waals surface area contributed by atoms with Crippen LogP contribution in [-0.4, -0.2) is 58.4 Å². The smallest absolute Gasteiger partial charge is 0.244 e. The Bertz CT molecular complexity index is 1240. The van der Waals surface area contributed by atoms with Crippen LogP contribution in [0.25, 0.3) is 11.3 Å². The molecule has 0 saturated carbocycles. The second-order valence-electron chi connectivity index (χ2n) is 7.86. The number of amides is 1. The lowest BCUT2D eigenvalue weighted by atomic mass is 10.1. The Kier molecular flexibility index (Phi) is 7.25. The van der Waals surface area contributed by atoms with E-state index in [0.29, 0.717) is 65.5 Å². The summed E-state index contributed by atoms with van der Waals surface area (Å²) < 4.78 is 7.22. The van der Waals surface area contributed by atoms with E-state index in [1.807, 2.05) is 43.0 Å². The summed E-state index contributed by atoms with van der Waals surface area (Å²) in [5, 5.41) is 14.7. The number of carbonyl (C=O) groups excluding carboxylic acids is 1. The molecule has 8 nitrogen and oxygen atoms in total. The van der Waals surface area contributed by atoms with E-state index in [9.17, 15) is 4.79 Å². The summed E-state index contributed by atoms with van der Waals surface area (Å²) >= 11 is 12.7. The zero-order chi connectivity index (χ0) is 24.2. The van der Waals surface area contributed by atoms with Gasteiger partial charge in [-0.05, 0) is 38.1 Å². The van der Waals surface area contributed by atoms with Gasteiger partial charge in [-0.15, -0.1) is 0 Å². The quantitative estimate of drug-likeness (QED) is 0.506. The molecule has 2 aromatic heterocycles. The van der Waals surface area contributed by atoms with E-state index in [1.54, 1.807) is 23.0 Å². The van der Waals surface area contributed by atoms with Crippen molar-refractivity contribution in [2.24, 2.45) is 0 Å². The number of anilines is 1. The molecule has 0 radical (unpaired) electrons. The van der Waals surface area contributed by atoms with E-state index in [0.717, 1.165) is 5.69 Å². The number of nitrogens with zero attached hydrogens (tertiary/aromatic N) is 6. The third kappa shape index (κ3) is 4.96. The molecule has 10 heteroatoms. The Morgan fingerprint density at radius 3 is 2.65 bits per heavy atom. The monoisotopic (exact) mass is 498 g/mol. The fraction of sp³-hybridized carbons (Fsp3) is 0.333. The lowest BCUT2D eigenvalue weighted by Crippen LogP contribution is -2.49. The van der Waals surface area contributed by atoms with E-state index in [4.69, 9.17) is 33.2 Å². The van der Waals surface area contributed by atoms with Gasteiger partial charge in [0.25, 0.3) is 0 Å². The van der Waals surface area contributed by atoms with Gasteiger partial charge in [-0.2, -0.15) is 10.4 Å². The molecule has 0 unspecified atom stereocenters. The molecule has 0 bridgehead atoms. The number of piperazine rings is 1. The molecule has 1 saturated heterocycles. The maximum atomic E-state index is 13.0. The average molecular weight is 499 g/mol. The van der Waals surface area contributed by atoms with E-state index in [1.165, 1.54) is 0 Å². The van der Waals surface area contributed by atoms with E-state index in [2.05, 4.69) is 15.0 Å². The molecule has 4 rings (SSSR count). The fourth-order valence-corrected chi connectivity index (χ4v) is 4.32. The van der Waals surface area contributed by atoms with Crippen molar-refractivity contribution in [3.8, 4) is 23.1 Å². The topological polar surface area (TPSA) is 87.3 Å². The highest BCUT2D eigenvalue weighted by Gasteiger charge is 2.24. The Morgan fingerprint density at radius 2 is 1.94 bits per heavy atom. The third-order valence-corrected chi connectivity index (χ3v) is 6.54. The maximum Gasteiger partial charge on any atom is 0.244 e. The van der Waals surface area contributed by atoms with Crippen LogP contribution in [0.2, 0.25) is 10.0 Å². The van der Waals surface area contributed by atoms with Gasteiger partial charge in [-0.3, -0.25) is 9.48 Å². The number of nitriles is 1. The highest BCUT2D eigenvalue weighted by molar-refractivity contribution is 6.33. The predicted molar refractivity (Wildman–Crippen MR) is 131 cm³/mol. The van der Waals surface area contributed by atoms with Gasteiger partial charge in [0, 0.05) is 49.7 Å². The molecule has 34 heavy (non-hydrogen) atoms. The van der Waals surface area contributed by atoms with E-state index >= 15 is 0 Å². The molecule has 1 aliphatic heterocycles. The van der Waals surface area contributed by atoms with Gasteiger partial charge in [0.15, 0.2) is 0 Å². The summed E-state index contributed by atoms with van der Waals surface area (Å²) in [6.45, 7) is 7.00. The molecule has 176 valence electrons. The number of carbonyl (C=O) groups is 1. The van der Waals surface area contributed by atoms with Gasteiger partial charge in [0.2, 0.25) is 5.91 Å². The largest absolute Gasteiger partial charge is 0.492 e. The number of pyridine rings is 1. The van der Waals surface area contributed by atoms with Crippen molar-refractivity contribution in [1.82, 2.24) is 19.7 Å². The fourth-order valence-electron chi connectivity index (χ4n) is 3.90. The zero-order valence-electron chi connectivity index (χ0n) is 19.0. The van der Waals surface area contributed by atoms with Crippen molar-refractivity contribution in [3.63, 3.8) is 0 Å². The van der Waals surface area contributed by atoms with Crippen molar-refractivity contribution in [2.75, 3.05) is 37.7 Å². The minimum absolute atomic E-state index is 0.0213. The zero-order valence-corrected chi connectivity index (χ0v) is 20.5. The summed E-state index contributed by atoms with van der Waals surface area (Å²) in [6.07, 6.45) is 1.54. The standard InChI is InChI=1S/C24H24Cl2N6O2/c1-3-34-21-13-19(4-5-20(21)25)30-8-10-31(11-9-30)22(33)15-32-16(2)23(26)24(29-32)17-6-7-28-18(12-17)14-27/h4-7,12-13H,3,8-11,15H2,1-2H3. The van der Waals surface area contributed by atoms with Crippen LogP contribution in [0.4, 0.5) is 5.69 Å². The van der Waals surface area contributed by atoms with Gasteiger partial charge in [0.05, 0.1) is 22.3 Å². The molecule has 1 aliphatic rings. The second-order valence-corrected chi connectivity index (χ2v) is 8.65. The summed E-state index contributed by atoms with van der Waals surface area (Å²) in [7, 11) is 0. The summed E-state index contributed by atoms with van der Waals surface area (Å²) in [5.41, 5.74) is 3.22. The molecule has 3 heterocycles. The number of hydrogen-bond donors (Lipinski definition) is 0. The van der Waals surface area contributed by atoms with E-state index in [-0.39, 0.29) is 18.1 Å². The summed E-state index contributed by atoms with van der Waals surface area (Å²) in [4.78, 5) is 21.1. The highest BCUT2D eigenvalue weighted by atomic mass is 35.5. The average Bonchev–Trinajstić information content (AvgIpc) is 3.14. The SMILES string of the molecule is CCOc1cc(N2CCN(C(=O)Cn3nc(-c4ccnc(C#N)c4)c(Cl)c3C)CC2)ccc1Cl. The Balaban J connectivity index is 1.42. The van der Waals surface area contributed by atoms with Crippen molar-refractivity contribution < 1.29 is 9.53 Å². The molecule has 0 N–H and O–H groups in total. The number of benzene rings is 1. The predicted octanol–water partition coefficient (Wildman–Crippen LogP) is 4.18. The first-order valence-corrected chi connectivity index (χ1v) is 11.7. The molecular weight excluding hydrogens is 475 g/mol. The van der Waals surface area contributed by atoms with Gasteiger partial charge in [0.1, 0.15) is 29.8 Å². The second kappa shape index (κ2) is 10.3. The lowest BCUT2D eigenvalue weighted by Gasteiger charge is -2.36. The Hall–Kier alpha value is -3.28. The van der Waals surface area contributed by atoms with Crippen LogP contribution in [-0.2, 0) is 11.3 Å². The van der Waals surface area contributed by atoms with Crippen molar-refractivity contribution >= 4 is 34.8 Å². The normalized spacial score (nSPS) is 13.6. The van der Waals surface area contributed by atoms with Crippen molar-refractivity contribution in [1.29, 1.82) is 5.26 Å². The van der Waals surface area contributed by atoms with Crippen LogP contribution >= 0.6 is 23.2 Å². The van der Waals surface area contributed by atoms with Crippen LogP contribution in [0.15, 0.2) is 36.5 Å². The molecule has 1 fully saturated rings. The van der Waals surface area contributed by atoms with Gasteiger partial charge in [-0.1, -0.05) is 23.2 Å². The molecule has 3 aromatic rings. The molecule has 0 spiro atoms. The van der Waals surface area contributed by atoms with Crippen molar-refractivity contribution in [3.05, 3.63) is 58.0 Å². The summed E-state index contributed by atoms with van der Waals surface area (Å²) in [5.74, 6) is 0.644. The Morgan fingerprint density at radius 1 is 1.18 bits per heavy atom. The van der Waals surface area contributed by atoms with Crippen LogP contribution in [0.3, 0.4) is 0 Å². The minimum Gasteiger partial charge on any atom is -0.492 e. The molecular formula is C24H24Cl2N6O2. The summed E-state index contributed by atoms with van der Waals surface area (Å²) in [6, 6.07) is 11.1. The van der Waals surface area contributed by atoms with Crippen LogP contribution in [0, 0.1) is 18.3 Å². The number of aromatic nitrogens is 3. The minimum atomic E-state index is -0.0213. The van der Waals surface area contributed by atoms with Crippen LogP contribution < -0.4 is 9.64 Å².